The first-order valence-corrected chi connectivity index (χ1v) is 17.8. The highest BCUT2D eigenvalue weighted by atomic mass is 32.2. The zero-order valence-corrected chi connectivity index (χ0v) is 29.2. The van der Waals surface area contributed by atoms with E-state index in [-0.39, 0.29) is 23.4 Å². The van der Waals surface area contributed by atoms with E-state index in [2.05, 4.69) is 164 Å². The average molecular weight is 655 g/mol. The van der Waals surface area contributed by atoms with Gasteiger partial charge in [-0.1, -0.05) is 152 Å². The number of hydrogen-bond donors (Lipinski definition) is 0. The van der Waals surface area contributed by atoms with Gasteiger partial charge in [0, 0.05) is 24.3 Å². The molecule has 48 heavy (non-hydrogen) atoms. The van der Waals surface area contributed by atoms with Crippen molar-refractivity contribution in [1.29, 1.82) is 0 Å². The number of thioether (sulfide) groups is 1. The van der Waals surface area contributed by atoms with E-state index < -0.39 is 10.3 Å². The number of amides is 1. The molecule has 5 aromatic carbocycles. The van der Waals surface area contributed by atoms with Gasteiger partial charge >= 0.3 is 6.09 Å². The Balaban J connectivity index is 1.45. The van der Waals surface area contributed by atoms with Crippen LogP contribution in [0.25, 0.3) is 0 Å². The Labute approximate surface area is 290 Å². The van der Waals surface area contributed by atoms with Gasteiger partial charge in [0.1, 0.15) is 11.8 Å². The maximum absolute atomic E-state index is 14.0. The fourth-order valence-electron chi connectivity index (χ4n) is 7.03. The maximum atomic E-state index is 14.0. The molecule has 0 unspecified atom stereocenters. The number of hydrogen-bond acceptors (Lipinski definition) is 4. The molecule has 0 aliphatic carbocycles. The molecule has 5 heteroatoms. The molecule has 0 spiro atoms. The van der Waals surface area contributed by atoms with Crippen LogP contribution < -0.4 is 0 Å². The van der Waals surface area contributed by atoms with E-state index in [1.807, 2.05) is 37.4 Å². The standard InChI is InChI=1S/C43H46N2O2S/c1-42(2,3)47-41(46)45-31-30-39(40(45)44(4)32-38(33-20-10-5-11-21-33)34-22-12-6-13-23-34)48-43(35-24-14-7-15-25-35,36-26-16-8-17-27-36)37-28-18-9-19-29-37/h5-29,38-40H,30-32H2,1-4H3/t39-,40+/m0/s1. The molecule has 0 saturated carbocycles. The van der Waals surface area contributed by atoms with Gasteiger partial charge in [-0.05, 0) is 62.1 Å². The molecule has 1 amide bonds. The van der Waals surface area contributed by atoms with Crippen LogP contribution in [-0.2, 0) is 9.48 Å². The summed E-state index contributed by atoms with van der Waals surface area (Å²) in [5.41, 5.74) is 5.58. The average Bonchev–Trinajstić information content (AvgIpc) is 3.54. The lowest BCUT2D eigenvalue weighted by Gasteiger charge is -2.42. The Morgan fingerprint density at radius 3 is 1.50 bits per heavy atom. The Kier molecular flexibility index (Phi) is 10.4. The lowest BCUT2D eigenvalue weighted by Crippen LogP contribution is -2.52. The van der Waals surface area contributed by atoms with E-state index in [0.717, 1.165) is 13.0 Å². The summed E-state index contributed by atoms with van der Waals surface area (Å²) in [6.07, 6.45) is 0.382. The summed E-state index contributed by atoms with van der Waals surface area (Å²) in [6.45, 7) is 7.19. The zero-order chi connectivity index (χ0) is 33.6. The second-order valence-electron chi connectivity index (χ2n) is 13.6. The summed E-state index contributed by atoms with van der Waals surface area (Å²) in [5.74, 6) is 0.131. The van der Waals surface area contributed by atoms with Crippen molar-refractivity contribution in [3.05, 3.63) is 179 Å². The van der Waals surface area contributed by atoms with Crippen LogP contribution in [0.3, 0.4) is 0 Å². The topological polar surface area (TPSA) is 32.8 Å². The molecule has 0 bridgehead atoms. The van der Waals surface area contributed by atoms with Gasteiger partial charge in [0.2, 0.25) is 0 Å². The zero-order valence-electron chi connectivity index (χ0n) is 28.4. The second kappa shape index (κ2) is 14.8. The Morgan fingerprint density at radius 2 is 1.10 bits per heavy atom. The van der Waals surface area contributed by atoms with Crippen molar-refractivity contribution in [3.8, 4) is 0 Å². The largest absolute Gasteiger partial charge is 0.444 e. The number of benzene rings is 5. The van der Waals surface area contributed by atoms with Crippen molar-refractivity contribution in [2.24, 2.45) is 0 Å². The van der Waals surface area contributed by atoms with Gasteiger partial charge in [0.25, 0.3) is 0 Å². The van der Waals surface area contributed by atoms with Gasteiger partial charge in [0.15, 0.2) is 0 Å². The molecule has 6 rings (SSSR count). The molecule has 2 atom stereocenters. The highest BCUT2D eigenvalue weighted by molar-refractivity contribution is 8.01. The van der Waals surface area contributed by atoms with E-state index in [1.54, 1.807) is 0 Å². The Bertz CT molecular complexity index is 1590. The highest BCUT2D eigenvalue weighted by Gasteiger charge is 2.48. The molecular weight excluding hydrogens is 609 g/mol. The summed E-state index contributed by atoms with van der Waals surface area (Å²) < 4.78 is 5.56. The first-order valence-electron chi connectivity index (χ1n) is 16.9. The van der Waals surface area contributed by atoms with Crippen LogP contribution in [-0.4, -0.2) is 53.0 Å². The van der Waals surface area contributed by atoms with Gasteiger partial charge in [-0.25, -0.2) is 4.79 Å². The van der Waals surface area contributed by atoms with E-state index >= 15 is 0 Å². The molecule has 5 aromatic rings. The minimum absolute atomic E-state index is 0.0790. The van der Waals surface area contributed by atoms with Crippen molar-refractivity contribution in [1.82, 2.24) is 9.80 Å². The molecule has 1 heterocycles. The van der Waals surface area contributed by atoms with Gasteiger partial charge in [0.05, 0.1) is 4.75 Å². The number of rotatable bonds is 10. The molecule has 4 nitrogen and oxygen atoms in total. The van der Waals surface area contributed by atoms with Gasteiger partial charge < -0.3 is 4.74 Å². The normalized spacial score (nSPS) is 16.8. The van der Waals surface area contributed by atoms with Crippen LogP contribution in [0, 0.1) is 0 Å². The smallest absolute Gasteiger partial charge is 0.411 e. The number of likely N-dealkylation sites (N-methyl/N-ethyl adjacent to an activating group) is 1. The molecular formula is C43H46N2O2S. The number of ether oxygens (including phenoxy) is 1. The lowest BCUT2D eigenvalue weighted by molar-refractivity contribution is 0.00532. The number of carbonyl (C=O) groups excluding carboxylic acids is 1. The third kappa shape index (κ3) is 7.38. The van der Waals surface area contributed by atoms with Crippen molar-refractivity contribution >= 4 is 17.9 Å². The van der Waals surface area contributed by atoms with Crippen LogP contribution in [0.15, 0.2) is 152 Å². The monoisotopic (exact) mass is 654 g/mol. The molecule has 0 N–H and O–H groups in total. The van der Waals surface area contributed by atoms with E-state index in [9.17, 15) is 4.79 Å². The van der Waals surface area contributed by atoms with E-state index in [4.69, 9.17) is 4.74 Å². The summed E-state index contributed by atoms with van der Waals surface area (Å²) in [4.78, 5) is 18.4. The third-order valence-corrected chi connectivity index (χ3v) is 11.0. The fourth-order valence-corrected chi connectivity index (χ4v) is 9.00. The summed E-state index contributed by atoms with van der Waals surface area (Å²) in [5, 5.41) is 0.0790. The van der Waals surface area contributed by atoms with E-state index in [1.165, 1.54) is 27.8 Å². The first kappa shape index (κ1) is 33.6. The molecule has 1 fully saturated rings. The lowest BCUT2D eigenvalue weighted by atomic mass is 9.84. The Hall–Kier alpha value is -4.32. The van der Waals surface area contributed by atoms with Crippen LogP contribution in [0.4, 0.5) is 4.79 Å². The maximum Gasteiger partial charge on any atom is 0.411 e. The summed E-state index contributed by atoms with van der Waals surface area (Å²) in [6, 6.07) is 53.9. The second-order valence-corrected chi connectivity index (χ2v) is 15.1. The van der Waals surface area contributed by atoms with Crippen LogP contribution in [0.5, 0.6) is 0 Å². The minimum Gasteiger partial charge on any atom is -0.444 e. The van der Waals surface area contributed by atoms with Crippen LogP contribution >= 0.6 is 11.8 Å². The SMILES string of the molecule is CN(CC(c1ccccc1)c1ccccc1)[C@H]1[C@@H](SC(c2ccccc2)(c2ccccc2)c2ccccc2)CCN1C(=O)OC(C)(C)C. The molecule has 246 valence electrons. The molecule has 0 radical (unpaired) electrons. The molecule has 1 aliphatic rings. The van der Waals surface area contributed by atoms with Crippen LogP contribution in [0.2, 0.25) is 0 Å². The fraction of sp³-hybridized carbons (Fsp3) is 0.279. The predicted molar refractivity (Wildman–Crippen MR) is 199 cm³/mol. The van der Waals surface area contributed by atoms with Gasteiger partial charge in [-0.3, -0.25) is 9.80 Å². The predicted octanol–water partition coefficient (Wildman–Crippen LogP) is 9.81. The third-order valence-electron chi connectivity index (χ3n) is 9.13. The summed E-state index contributed by atoms with van der Waals surface area (Å²) in [7, 11) is 2.18. The minimum atomic E-state index is -0.593. The number of carbonyl (C=O) groups is 1. The molecule has 1 saturated heterocycles. The quantitative estimate of drug-likeness (QED) is 0.140. The van der Waals surface area contributed by atoms with Crippen molar-refractivity contribution in [2.45, 2.75) is 54.9 Å². The van der Waals surface area contributed by atoms with Crippen molar-refractivity contribution in [3.63, 3.8) is 0 Å². The molecule has 0 aromatic heterocycles. The van der Waals surface area contributed by atoms with Crippen molar-refractivity contribution < 1.29 is 9.53 Å². The summed E-state index contributed by atoms with van der Waals surface area (Å²) >= 11 is 1.96. The van der Waals surface area contributed by atoms with Gasteiger partial charge in [-0.2, -0.15) is 0 Å². The highest BCUT2D eigenvalue weighted by Crippen LogP contribution is 2.53. The number of nitrogens with zero attached hydrogens (tertiary/aromatic N) is 2. The molecule has 1 aliphatic heterocycles. The first-order chi connectivity index (χ1) is 23.3. The number of likely N-dealkylation sites (tertiary alicyclic amines) is 1. The van der Waals surface area contributed by atoms with E-state index in [0.29, 0.717) is 6.54 Å². The van der Waals surface area contributed by atoms with Gasteiger partial charge in [-0.15, -0.1) is 11.8 Å². The van der Waals surface area contributed by atoms with Crippen molar-refractivity contribution in [2.75, 3.05) is 20.1 Å². The Morgan fingerprint density at radius 1 is 0.708 bits per heavy atom. The van der Waals surface area contributed by atoms with Crippen LogP contribution in [0.1, 0.15) is 60.9 Å².